The molecule has 4 nitrogen and oxygen atoms in total. The van der Waals surface area contributed by atoms with E-state index in [1.165, 1.54) is 0 Å². The second kappa shape index (κ2) is 3.75. The summed E-state index contributed by atoms with van der Waals surface area (Å²) >= 11 is 0. The minimum Gasteiger partial charge on any atom is -0.392 e. The molecular weight excluding hydrogens is 214 g/mol. The summed E-state index contributed by atoms with van der Waals surface area (Å²) in [7, 11) is 0. The molecule has 0 amide bonds. The first-order chi connectivity index (χ1) is 8.28. The molecule has 0 unspecified atom stereocenters. The van der Waals surface area contributed by atoms with Gasteiger partial charge >= 0.3 is 0 Å². The van der Waals surface area contributed by atoms with Gasteiger partial charge in [-0.1, -0.05) is 24.3 Å². The maximum absolute atomic E-state index is 9.31. The van der Waals surface area contributed by atoms with Gasteiger partial charge in [-0.05, 0) is 12.5 Å². The van der Waals surface area contributed by atoms with Crippen molar-refractivity contribution in [1.82, 2.24) is 14.6 Å². The Kier molecular flexibility index (Phi) is 2.23. The molecule has 0 saturated heterocycles. The van der Waals surface area contributed by atoms with Crippen LogP contribution in [0.2, 0.25) is 0 Å². The lowest BCUT2D eigenvalue weighted by atomic mass is 10.1. The minimum absolute atomic E-state index is 0.0284. The Morgan fingerprint density at radius 3 is 2.94 bits per heavy atom. The largest absolute Gasteiger partial charge is 0.392 e. The third kappa shape index (κ3) is 1.62. The number of hydrogen-bond donors (Lipinski definition) is 2. The first-order valence-electron chi connectivity index (χ1n) is 5.52. The molecule has 2 heterocycles. The van der Waals surface area contributed by atoms with Crippen LogP contribution in [0.1, 0.15) is 11.3 Å². The predicted molar refractivity (Wildman–Crippen MR) is 65.6 cm³/mol. The van der Waals surface area contributed by atoms with Gasteiger partial charge in [0.25, 0.3) is 0 Å². The molecule has 0 spiro atoms. The third-order valence-electron chi connectivity index (χ3n) is 2.84. The van der Waals surface area contributed by atoms with Crippen molar-refractivity contribution >= 4 is 5.65 Å². The molecule has 17 heavy (non-hydrogen) atoms. The molecule has 2 N–H and O–H groups in total. The van der Waals surface area contributed by atoms with E-state index in [4.69, 9.17) is 0 Å². The zero-order chi connectivity index (χ0) is 11.8. The molecule has 0 bridgehead atoms. The number of aliphatic hydroxyl groups excluding tert-OH is 1. The van der Waals surface area contributed by atoms with Crippen molar-refractivity contribution in [3.63, 3.8) is 0 Å². The van der Waals surface area contributed by atoms with E-state index in [0.29, 0.717) is 0 Å². The summed E-state index contributed by atoms with van der Waals surface area (Å²) in [6.07, 6.45) is 1.94. The molecule has 0 radical (unpaired) electrons. The van der Waals surface area contributed by atoms with E-state index in [1.54, 1.807) is 0 Å². The standard InChI is InChI=1S/C13H13N3O/c1-9-6-13-14-12(7-16(13)15-9)11-5-3-2-4-10(11)8-17/h2-7,15,17H,8H2,1H3. The molecule has 1 aromatic carbocycles. The van der Waals surface area contributed by atoms with Crippen LogP contribution in [0.15, 0.2) is 36.5 Å². The molecule has 2 aromatic heterocycles. The highest BCUT2D eigenvalue weighted by atomic mass is 16.3. The van der Waals surface area contributed by atoms with Crippen LogP contribution in [0.5, 0.6) is 0 Å². The van der Waals surface area contributed by atoms with Gasteiger partial charge in [0.2, 0.25) is 0 Å². The number of H-pyrrole nitrogens is 1. The molecule has 4 heteroatoms. The molecule has 3 aromatic rings. The highest BCUT2D eigenvalue weighted by Crippen LogP contribution is 2.23. The minimum atomic E-state index is 0.0284. The zero-order valence-corrected chi connectivity index (χ0v) is 9.51. The van der Waals surface area contributed by atoms with Crippen molar-refractivity contribution < 1.29 is 5.11 Å². The molecule has 86 valence electrons. The predicted octanol–water partition coefficient (Wildman–Crippen LogP) is 2.13. The Morgan fingerprint density at radius 1 is 1.35 bits per heavy atom. The van der Waals surface area contributed by atoms with Gasteiger partial charge in [-0.25, -0.2) is 9.50 Å². The van der Waals surface area contributed by atoms with Gasteiger partial charge in [-0.3, -0.25) is 5.10 Å². The lowest BCUT2D eigenvalue weighted by molar-refractivity contribution is 0.282. The van der Waals surface area contributed by atoms with Gasteiger partial charge in [0, 0.05) is 17.3 Å². The van der Waals surface area contributed by atoms with Gasteiger partial charge in [0.15, 0.2) is 5.65 Å². The Balaban J connectivity index is 2.16. The molecule has 0 saturated carbocycles. The fourth-order valence-corrected chi connectivity index (χ4v) is 2.04. The number of nitrogens with zero attached hydrogens (tertiary/aromatic N) is 2. The second-order valence-corrected chi connectivity index (χ2v) is 4.11. The number of aliphatic hydroxyl groups is 1. The van der Waals surface area contributed by atoms with Crippen LogP contribution in [0.3, 0.4) is 0 Å². The van der Waals surface area contributed by atoms with Crippen molar-refractivity contribution in [2.24, 2.45) is 0 Å². The first-order valence-corrected chi connectivity index (χ1v) is 5.52. The Hall–Kier alpha value is -2.07. The van der Waals surface area contributed by atoms with E-state index >= 15 is 0 Å². The average molecular weight is 227 g/mol. The average Bonchev–Trinajstić information content (AvgIpc) is 2.86. The second-order valence-electron chi connectivity index (χ2n) is 4.11. The quantitative estimate of drug-likeness (QED) is 0.704. The normalized spacial score (nSPS) is 11.2. The van der Waals surface area contributed by atoms with Crippen LogP contribution >= 0.6 is 0 Å². The van der Waals surface area contributed by atoms with Gasteiger partial charge in [-0.2, -0.15) is 0 Å². The van der Waals surface area contributed by atoms with Crippen LogP contribution in [0.4, 0.5) is 0 Å². The van der Waals surface area contributed by atoms with E-state index < -0.39 is 0 Å². The number of nitrogens with one attached hydrogen (secondary N) is 1. The summed E-state index contributed by atoms with van der Waals surface area (Å²) in [6.45, 7) is 2.02. The van der Waals surface area contributed by atoms with Gasteiger partial charge in [-0.15, -0.1) is 0 Å². The van der Waals surface area contributed by atoms with Crippen LogP contribution in [0.25, 0.3) is 16.9 Å². The fraction of sp³-hybridized carbons (Fsp3) is 0.154. The number of aromatic nitrogens is 3. The topological polar surface area (TPSA) is 53.3 Å². The number of fused-ring (bicyclic) bond motifs is 1. The van der Waals surface area contributed by atoms with Crippen LogP contribution in [-0.2, 0) is 6.61 Å². The van der Waals surface area contributed by atoms with Crippen LogP contribution in [-0.4, -0.2) is 19.7 Å². The van der Waals surface area contributed by atoms with E-state index in [-0.39, 0.29) is 6.61 Å². The highest BCUT2D eigenvalue weighted by Gasteiger charge is 2.09. The molecule has 0 fully saturated rings. The van der Waals surface area contributed by atoms with E-state index in [9.17, 15) is 5.11 Å². The Morgan fingerprint density at radius 2 is 2.18 bits per heavy atom. The fourth-order valence-electron chi connectivity index (χ4n) is 2.04. The molecular formula is C13H13N3O. The third-order valence-corrected chi connectivity index (χ3v) is 2.84. The van der Waals surface area contributed by atoms with Crippen molar-refractivity contribution in [3.05, 3.63) is 47.8 Å². The number of aromatic amines is 1. The molecule has 0 atom stereocenters. The Bertz CT molecular complexity index is 635. The Labute approximate surface area is 98.5 Å². The summed E-state index contributed by atoms with van der Waals surface area (Å²) in [5.74, 6) is 0. The maximum Gasteiger partial charge on any atom is 0.153 e. The van der Waals surface area contributed by atoms with Gasteiger partial charge in [0.1, 0.15) is 0 Å². The maximum atomic E-state index is 9.31. The number of imidazole rings is 1. The molecule has 3 rings (SSSR count). The number of aryl methyl sites for hydroxylation is 1. The monoisotopic (exact) mass is 227 g/mol. The van der Waals surface area contributed by atoms with Crippen molar-refractivity contribution in [2.45, 2.75) is 13.5 Å². The van der Waals surface area contributed by atoms with Gasteiger partial charge < -0.3 is 5.11 Å². The smallest absolute Gasteiger partial charge is 0.153 e. The summed E-state index contributed by atoms with van der Waals surface area (Å²) in [4.78, 5) is 4.53. The molecule has 0 aliphatic heterocycles. The lowest BCUT2D eigenvalue weighted by Gasteiger charge is -2.02. The highest BCUT2D eigenvalue weighted by molar-refractivity contribution is 5.66. The molecule has 0 aliphatic carbocycles. The number of benzene rings is 1. The molecule has 0 aliphatic rings. The zero-order valence-electron chi connectivity index (χ0n) is 9.51. The number of rotatable bonds is 2. The van der Waals surface area contributed by atoms with E-state index in [1.807, 2.05) is 48.0 Å². The summed E-state index contributed by atoms with van der Waals surface area (Å²) in [5, 5.41) is 12.5. The SMILES string of the molecule is Cc1cc2nc(-c3ccccc3CO)cn2[nH]1. The van der Waals surface area contributed by atoms with Gasteiger partial charge in [0.05, 0.1) is 18.5 Å². The lowest BCUT2D eigenvalue weighted by Crippen LogP contribution is -1.88. The summed E-state index contributed by atoms with van der Waals surface area (Å²) in [6, 6.07) is 9.74. The summed E-state index contributed by atoms with van der Waals surface area (Å²) in [5.41, 5.74) is 4.72. The van der Waals surface area contributed by atoms with E-state index in [0.717, 1.165) is 28.2 Å². The van der Waals surface area contributed by atoms with E-state index in [2.05, 4.69) is 10.1 Å². The number of hydrogen-bond acceptors (Lipinski definition) is 2. The van der Waals surface area contributed by atoms with Crippen LogP contribution in [0, 0.1) is 6.92 Å². The summed E-state index contributed by atoms with van der Waals surface area (Å²) < 4.78 is 1.89. The van der Waals surface area contributed by atoms with Crippen molar-refractivity contribution in [1.29, 1.82) is 0 Å². The first kappa shape index (κ1) is 10.1. The van der Waals surface area contributed by atoms with Crippen molar-refractivity contribution in [2.75, 3.05) is 0 Å². The van der Waals surface area contributed by atoms with Crippen molar-refractivity contribution in [3.8, 4) is 11.3 Å². The van der Waals surface area contributed by atoms with Crippen LogP contribution < -0.4 is 0 Å².